The van der Waals surface area contributed by atoms with E-state index in [4.69, 9.17) is 4.84 Å². The summed E-state index contributed by atoms with van der Waals surface area (Å²) in [7, 11) is 0. The molecule has 14 heavy (non-hydrogen) atoms. The molecule has 1 aliphatic heterocycles. The lowest BCUT2D eigenvalue weighted by atomic mass is 9.89. The van der Waals surface area contributed by atoms with Crippen molar-refractivity contribution in [3.8, 4) is 0 Å². The van der Waals surface area contributed by atoms with Gasteiger partial charge in [0.1, 0.15) is 6.10 Å². The first-order valence-electron chi connectivity index (χ1n) is 5.29. The van der Waals surface area contributed by atoms with Crippen LogP contribution in [0.3, 0.4) is 0 Å². The molecule has 0 aromatic heterocycles. The number of hydrogen-bond acceptors (Lipinski definition) is 2. The third-order valence-electron chi connectivity index (χ3n) is 3.43. The van der Waals surface area contributed by atoms with E-state index in [-0.39, 0.29) is 6.10 Å². The van der Waals surface area contributed by atoms with Gasteiger partial charge in [-0.05, 0) is 18.8 Å². The average Bonchev–Trinajstić information content (AvgIpc) is 2.75. The Morgan fingerprint density at radius 3 is 2.71 bits per heavy atom. The molecule has 2 nitrogen and oxygen atoms in total. The van der Waals surface area contributed by atoms with Crippen molar-refractivity contribution in [1.82, 2.24) is 0 Å². The fraction of sp³-hybridized carbons (Fsp3) is 0.583. The number of allylic oxidation sites excluding steroid dienone is 1. The molecule has 0 N–H and O–H groups in total. The van der Waals surface area contributed by atoms with E-state index < -0.39 is 0 Å². The van der Waals surface area contributed by atoms with Gasteiger partial charge in [0.2, 0.25) is 0 Å². The van der Waals surface area contributed by atoms with E-state index >= 15 is 0 Å². The maximum absolute atomic E-state index is 5.48. The monoisotopic (exact) mass is 191 g/mol. The molecule has 0 bridgehead atoms. The lowest BCUT2D eigenvalue weighted by molar-refractivity contribution is 0.0528. The van der Waals surface area contributed by atoms with Gasteiger partial charge in [-0.3, -0.25) is 0 Å². The van der Waals surface area contributed by atoms with Crippen molar-refractivity contribution in [2.24, 2.45) is 22.9 Å². The van der Waals surface area contributed by atoms with Gasteiger partial charge >= 0.3 is 0 Å². The molecule has 0 spiro atoms. The van der Waals surface area contributed by atoms with Crippen LogP contribution in [0.2, 0.25) is 0 Å². The van der Waals surface area contributed by atoms with Crippen LogP contribution in [0.1, 0.15) is 19.8 Å². The standard InChI is InChI=1S/C12H17NO/c1-4-8-7-9(5-2)12-11(8)10(6-3)13-14-12/h4-5,8-9,11-12H,1-2,6-7H2,3H3/t8-,9+,11-,12-/m1/s1. The highest BCUT2D eigenvalue weighted by atomic mass is 16.6. The summed E-state index contributed by atoms with van der Waals surface area (Å²) in [4.78, 5) is 5.48. The Hall–Kier alpha value is -1.05. The van der Waals surface area contributed by atoms with Crippen LogP contribution in [0, 0.1) is 17.8 Å². The van der Waals surface area contributed by atoms with Crippen LogP contribution in [0.5, 0.6) is 0 Å². The fourth-order valence-corrected chi connectivity index (χ4v) is 2.65. The zero-order valence-corrected chi connectivity index (χ0v) is 8.65. The number of fused-ring (bicyclic) bond motifs is 1. The Morgan fingerprint density at radius 2 is 2.14 bits per heavy atom. The summed E-state index contributed by atoms with van der Waals surface area (Å²) in [5.41, 5.74) is 1.20. The predicted octanol–water partition coefficient (Wildman–Crippen LogP) is 2.78. The molecule has 0 aromatic carbocycles. The van der Waals surface area contributed by atoms with Crippen LogP contribution in [-0.2, 0) is 4.84 Å². The van der Waals surface area contributed by atoms with Crippen molar-refractivity contribution < 1.29 is 4.84 Å². The molecule has 1 heterocycles. The molecule has 0 unspecified atom stereocenters. The van der Waals surface area contributed by atoms with Crippen LogP contribution in [0.15, 0.2) is 30.5 Å². The predicted molar refractivity (Wildman–Crippen MR) is 58.1 cm³/mol. The molecular formula is C12H17NO. The van der Waals surface area contributed by atoms with Crippen molar-refractivity contribution in [3.05, 3.63) is 25.3 Å². The minimum atomic E-state index is 0.227. The highest BCUT2D eigenvalue weighted by molar-refractivity contribution is 5.88. The second-order valence-corrected chi connectivity index (χ2v) is 4.07. The van der Waals surface area contributed by atoms with Gasteiger partial charge in [-0.25, -0.2) is 0 Å². The van der Waals surface area contributed by atoms with Crippen LogP contribution < -0.4 is 0 Å². The van der Waals surface area contributed by atoms with Gasteiger partial charge in [0.25, 0.3) is 0 Å². The van der Waals surface area contributed by atoms with E-state index in [0.29, 0.717) is 17.8 Å². The first-order chi connectivity index (χ1) is 6.81. The summed E-state index contributed by atoms with van der Waals surface area (Å²) in [6, 6.07) is 0. The first-order valence-corrected chi connectivity index (χ1v) is 5.29. The van der Waals surface area contributed by atoms with Gasteiger partial charge in [-0.1, -0.05) is 24.2 Å². The largest absolute Gasteiger partial charge is 0.391 e. The minimum absolute atomic E-state index is 0.227. The maximum atomic E-state index is 5.48. The van der Waals surface area contributed by atoms with Crippen molar-refractivity contribution in [1.29, 1.82) is 0 Å². The number of rotatable bonds is 3. The lowest BCUT2D eigenvalue weighted by Crippen LogP contribution is -2.24. The molecule has 1 aliphatic carbocycles. The topological polar surface area (TPSA) is 21.6 Å². The Morgan fingerprint density at radius 1 is 1.43 bits per heavy atom. The third kappa shape index (κ3) is 1.21. The number of oxime groups is 1. The van der Waals surface area contributed by atoms with E-state index in [2.05, 4.69) is 25.2 Å². The third-order valence-corrected chi connectivity index (χ3v) is 3.43. The zero-order valence-electron chi connectivity index (χ0n) is 8.65. The first kappa shape index (κ1) is 9.50. The molecule has 2 rings (SSSR count). The molecule has 2 heteroatoms. The molecular weight excluding hydrogens is 174 g/mol. The molecule has 0 amide bonds. The lowest BCUT2D eigenvalue weighted by Gasteiger charge is -2.14. The molecule has 1 fully saturated rings. The summed E-state index contributed by atoms with van der Waals surface area (Å²) in [6.45, 7) is 9.88. The van der Waals surface area contributed by atoms with Crippen LogP contribution >= 0.6 is 0 Å². The summed E-state index contributed by atoms with van der Waals surface area (Å²) in [5.74, 6) is 1.42. The fourth-order valence-electron chi connectivity index (χ4n) is 2.65. The van der Waals surface area contributed by atoms with Gasteiger partial charge in [-0.2, -0.15) is 0 Å². The van der Waals surface area contributed by atoms with E-state index in [1.54, 1.807) is 0 Å². The van der Waals surface area contributed by atoms with Crippen molar-refractivity contribution >= 4 is 5.71 Å². The zero-order chi connectivity index (χ0) is 10.1. The Labute approximate surface area is 85.3 Å². The van der Waals surface area contributed by atoms with Crippen LogP contribution in [0.25, 0.3) is 0 Å². The number of hydrogen-bond donors (Lipinski definition) is 0. The normalized spacial score (nSPS) is 39.9. The van der Waals surface area contributed by atoms with E-state index in [1.807, 2.05) is 12.2 Å². The summed E-state index contributed by atoms with van der Waals surface area (Å²) in [6.07, 6.45) is 6.36. The minimum Gasteiger partial charge on any atom is -0.391 e. The highest BCUT2D eigenvalue weighted by Crippen LogP contribution is 2.44. The second-order valence-electron chi connectivity index (χ2n) is 4.07. The van der Waals surface area contributed by atoms with Gasteiger partial charge in [0.05, 0.1) is 5.71 Å². The molecule has 0 radical (unpaired) electrons. The molecule has 2 aliphatic rings. The Kier molecular flexibility index (Phi) is 2.44. The maximum Gasteiger partial charge on any atom is 0.142 e. The molecule has 0 aromatic rings. The molecule has 0 saturated heterocycles. The van der Waals surface area contributed by atoms with Gasteiger partial charge < -0.3 is 4.84 Å². The highest BCUT2D eigenvalue weighted by Gasteiger charge is 2.47. The molecule has 4 atom stereocenters. The van der Waals surface area contributed by atoms with Crippen LogP contribution in [-0.4, -0.2) is 11.8 Å². The van der Waals surface area contributed by atoms with Gasteiger partial charge in [0.15, 0.2) is 0 Å². The second kappa shape index (κ2) is 3.60. The van der Waals surface area contributed by atoms with E-state index in [0.717, 1.165) is 12.8 Å². The Bertz CT molecular complexity index is 282. The summed E-state index contributed by atoms with van der Waals surface area (Å²) < 4.78 is 0. The molecule has 76 valence electrons. The van der Waals surface area contributed by atoms with E-state index in [1.165, 1.54) is 5.71 Å². The molecule has 1 saturated carbocycles. The van der Waals surface area contributed by atoms with Gasteiger partial charge in [-0.15, -0.1) is 13.2 Å². The van der Waals surface area contributed by atoms with Crippen molar-refractivity contribution in [2.45, 2.75) is 25.9 Å². The summed E-state index contributed by atoms with van der Waals surface area (Å²) >= 11 is 0. The van der Waals surface area contributed by atoms with Crippen LogP contribution in [0.4, 0.5) is 0 Å². The quantitative estimate of drug-likeness (QED) is 0.628. The van der Waals surface area contributed by atoms with E-state index in [9.17, 15) is 0 Å². The van der Waals surface area contributed by atoms with Gasteiger partial charge in [0, 0.05) is 11.8 Å². The number of nitrogens with zero attached hydrogens (tertiary/aromatic N) is 1. The smallest absolute Gasteiger partial charge is 0.142 e. The average molecular weight is 191 g/mol. The SMILES string of the molecule is C=C[C@@H]1C[C@H](C=C)[C@H]2ON=C(CC)[C@H]21. The van der Waals surface area contributed by atoms with Crippen molar-refractivity contribution in [3.63, 3.8) is 0 Å². The summed E-state index contributed by atoms with van der Waals surface area (Å²) in [5, 5.41) is 4.16. The van der Waals surface area contributed by atoms with Crippen molar-refractivity contribution in [2.75, 3.05) is 0 Å². The Balaban J connectivity index is 2.23.